The number of nitrogens with zero attached hydrogens (tertiary/aromatic N) is 3. The van der Waals surface area contributed by atoms with E-state index in [2.05, 4.69) is 15.0 Å². The van der Waals surface area contributed by atoms with Crippen LogP contribution in [0.15, 0.2) is 30.6 Å². The summed E-state index contributed by atoms with van der Waals surface area (Å²) in [5.41, 5.74) is 1.78. The number of rotatable bonds is 1. The third-order valence-corrected chi connectivity index (χ3v) is 3.32. The molecule has 0 aliphatic heterocycles. The number of hydrogen-bond donors (Lipinski definition) is 0. The largest absolute Gasteiger partial charge is 0.241 e. The van der Waals surface area contributed by atoms with Crippen molar-refractivity contribution in [3.05, 3.63) is 41.4 Å². The zero-order valence-electron chi connectivity index (χ0n) is 9.01. The van der Waals surface area contributed by atoms with E-state index < -0.39 is 5.82 Å². The van der Waals surface area contributed by atoms with Gasteiger partial charge in [0.2, 0.25) is 0 Å². The van der Waals surface area contributed by atoms with Crippen molar-refractivity contribution in [3.63, 3.8) is 0 Å². The summed E-state index contributed by atoms with van der Waals surface area (Å²) >= 11 is 1.65. The summed E-state index contributed by atoms with van der Waals surface area (Å²) in [5.74, 6) is 0.0817. The molecule has 0 bridgehead atoms. The number of fused-ring (bicyclic) bond motifs is 1. The number of thiazole rings is 1. The van der Waals surface area contributed by atoms with Crippen molar-refractivity contribution in [1.29, 1.82) is 0 Å². The molecule has 0 unspecified atom stereocenters. The van der Waals surface area contributed by atoms with E-state index in [9.17, 15) is 4.39 Å². The molecule has 0 fully saturated rings. The van der Waals surface area contributed by atoms with Gasteiger partial charge >= 0.3 is 0 Å². The Morgan fingerprint density at radius 2 is 1.94 bits per heavy atom. The molecule has 2 aromatic heterocycles. The molecule has 0 spiro atoms. The fourth-order valence-electron chi connectivity index (χ4n) is 1.64. The average Bonchev–Trinajstić information content (AvgIpc) is 2.69. The Morgan fingerprint density at radius 1 is 1.18 bits per heavy atom. The van der Waals surface area contributed by atoms with Crippen molar-refractivity contribution < 1.29 is 4.39 Å². The van der Waals surface area contributed by atoms with Crippen LogP contribution < -0.4 is 0 Å². The van der Waals surface area contributed by atoms with Crippen LogP contribution in [0.3, 0.4) is 0 Å². The second-order valence-corrected chi connectivity index (χ2v) is 4.88. The molecule has 0 saturated carbocycles. The summed E-state index contributed by atoms with van der Waals surface area (Å²) in [6.07, 6.45) is 2.33. The van der Waals surface area contributed by atoms with Crippen LogP contribution in [0.2, 0.25) is 0 Å². The maximum Gasteiger partial charge on any atom is 0.159 e. The van der Waals surface area contributed by atoms with Crippen molar-refractivity contribution in [1.82, 2.24) is 15.0 Å². The number of aromatic nitrogens is 3. The fourth-order valence-corrected chi connectivity index (χ4v) is 2.45. The van der Waals surface area contributed by atoms with Gasteiger partial charge in [-0.1, -0.05) is 0 Å². The van der Waals surface area contributed by atoms with Gasteiger partial charge in [-0.15, -0.1) is 11.3 Å². The van der Waals surface area contributed by atoms with Crippen LogP contribution >= 0.6 is 11.3 Å². The van der Waals surface area contributed by atoms with E-state index in [1.165, 1.54) is 12.4 Å². The lowest BCUT2D eigenvalue weighted by Gasteiger charge is -1.98. The van der Waals surface area contributed by atoms with Crippen LogP contribution in [0.25, 0.3) is 21.6 Å². The number of aryl methyl sites for hydroxylation is 1. The summed E-state index contributed by atoms with van der Waals surface area (Å²) in [6, 6.07) is 5.83. The lowest BCUT2D eigenvalue weighted by Crippen LogP contribution is -1.89. The maximum atomic E-state index is 12.7. The van der Waals surface area contributed by atoms with Gasteiger partial charge in [-0.2, -0.15) is 0 Å². The highest BCUT2D eigenvalue weighted by Gasteiger charge is 2.05. The Bertz CT molecular complexity index is 676. The minimum Gasteiger partial charge on any atom is -0.241 e. The monoisotopic (exact) mass is 245 g/mol. The summed E-state index contributed by atoms with van der Waals surface area (Å²) in [4.78, 5) is 12.3. The molecule has 3 nitrogen and oxygen atoms in total. The molecule has 17 heavy (non-hydrogen) atoms. The smallest absolute Gasteiger partial charge is 0.159 e. The average molecular weight is 245 g/mol. The van der Waals surface area contributed by atoms with Crippen LogP contribution in [0.4, 0.5) is 4.39 Å². The van der Waals surface area contributed by atoms with E-state index in [0.29, 0.717) is 5.82 Å². The second-order valence-electron chi connectivity index (χ2n) is 3.64. The second kappa shape index (κ2) is 3.85. The Labute approximate surface area is 101 Å². The van der Waals surface area contributed by atoms with Gasteiger partial charge in [0, 0.05) is 5.56 Å². The Balaban J connectivity index is 2.13. The predicted molar refractivity (Wildman–Crippen MR) is 65.3 cm³/mol. The minimum absolute atomic E-state index is 0.431. The first-order valence-corrected chi connectivity index (χ1v) is 5.89. The number of hydrogen-bond acceptors (Lipinski definition) is 4. The quantitative estimate of drug-likeness (QED) is 0.660. The highest BCUT2D eigenvalue weighted by Crippen LogP contribution is 2.25. The van der Waals surface area contributed by atoms with E-state index in [1.807, 2.05) is 25.1 Å². The van der Waals surface area contributed by atoms with Gasteiger partial charge in [-0.25, -0.2) is 19.3 Å². The van der Waals surface area contributed by atoms with E-state index in [-0.39, 0.29) is 0 Å². The number of benzene rings is 1. The van der Waals surface area contributed by atoms with Crippen LogP contribution in [0.5, 0.6) is 0 Å². The molecule has 0 N–H and O–H groups in total. The predicted octanol–water partition coefficient (Wildman–Crippen LogP) is 3.20. The molecule has 3 rings (SSSR count). The molecule has 0 saturated heterocycles. The van der Waals surface area contributed by atoms with Crippen molar-refractivity contribution >= 4 is 21.6 Å². The molecule has 1 aromatic carbocycles. The van der Waals surface area contributed by atoms with E-state index in [0.717, 1.165) is 20.8 Å². The van der Waals surface area contributed by atoms with Crippen molar-refractivity contribution in [3.8, 4) is 11.4 Å². The summed E-state index contributed by atoms with van der Waals surface area (Å²) in [5, 5.41) is 1.03. The van der Waals surface area contributed by atoms with Crippen molar-refractivity contribution in [2.24, 2.45) is 0 Å². The van der Waals surface area contributed by atoms with Gasteiger partial charge in [0.15, 0.2) is 11.6 Å². The number of halogens is 1. The molecular formula is C12H8FN3S. The normalized spacial score (nSPS) is 10.9. The SMILES string of the molecule is Cc1nc2cc(-c3ncc(F)cn3)ccc2s1. The molecular weight excluding hydrogens is 237 g/mol. The van der Waals surface area contributed by atoms with Crippen LogP contribution in [0.1, 0.15) is 5.01 Å². The third kappa shape index (κ3) is 1.89. The molecule has 0 atom stereocenters. The topological polar surface area (TPSA) is 38.7 Å². The molecule has 0 amide bonds. The zero-order chi connectivity index (χ0) is 11.8. The van der Waals surface area contributed by atoms with Gasteiger partial charge in [-0.05, 0) is 25.1 Å². The zero-order valence-corrected chi connectivity index (χ0v) is 9.83. The van der Waals surface area contributed by atoms with Gasteiger partial charge in [0.05, 0.1) is 27.6 Å². The van der Waals surface area contributed by atoms with Crippen LogP contribution in [-0.4, -0.2) is 15.0 Å². The molecule has 0 aliphatic carbocycles. The molecule has 3 aromatic rings. The van der Waals surface area contributed by atoms with Gasteiger partial charge in [-0.3, -0.25) is 0 Å². The van der Waals surface area contributed by atoms with E-state index >= 15 is 0 Å². The lowest BCUT2D eigenvalue weighted by molar-refractivity contribution is 0.614. The molecule has 84 valence electrons. The van der Waals surface area contributed by atoms with Gasteiger partial charge in [0.25, 0.3) is 0 Å². The minimum atomic E-state index is -0.431. The Hall–Kier alpha value is -1.88. The van der Waals surface area contributed by atoms with E-state index in [1.54, 1.807) is 11.3 Å². The molecule has 0 radical (unpaired) electrons. The van der Waals surface area contributed by atoms with Crippen LogP contribution in [0, 0.1) is 12.7 Å². The van der Waals surface area contributed by atoms with Crippen LogP contribution in [-0.2, 0) is 0 Å². The van der Waals surface area contributed by atoms with Gasteiger partial charge in [0.1, 0.15) is 0 Å². The first-order valence-electron chi connectivity index (χ1n) is 5.07. The van der Waals surface area contributed by atoms with Crippen molar-refractivity contribution in [2.75, 3.05) is 0 Å². The summed E-state index contributed by atoms with van der Waals surface area (Å²) < 4.78 is 13.9. The lowest BCUT2D eigenvalue weighted by atomic mass is 10.2. The summed E-state index contributed by atoms with van der Waals surface area (Å²) in [7, 11) is 0. The fraction of sp³-hybridized carbons (Fsp3) is 0.0833. The highest BCUT2D eigenvalue weighted by atomic mass is 32.1. The maximum absolute atomic E-state index is 12.7. The van der Waals surface area contributed by atoms with Gasteiger partial charge < -0.3 is 0 Å². The molecule has 5 heteroatoms. The summed E-state index contributed by atoms with van der Waals surface area (Å²) in [6.45, 7) is 1.97. The van der Waals surface area contributed by atoms with E-state index in [4.69, 9.17) is 0 Å². The van der Waals surface area contributed by atoms with Crippen molar-refractivity contribution in [2.45, 2.75) is 6.92 Å². The Morgan fingerprint density at radius 3 is 2.71 bits per heavy atom. The molecule has 0 aliphatic rings. The highest BCUT2D eigenvalue weighted by molar-refractivity contribution is 7.18. The third-order valence-electron chi connectivity index (χ3n) is 2.37. The Kier molecular flexibility index (Phi) is 2.33. The standard InChI is InChI=1S/C12H8FN3S/c1-7-16-10-4-8(2-3-11(10)17-7)12-14-5-9(13)6-15-12/h2-6H,1H3. The first kappa shape index (κ1) is 10.3. The molecule has 2 heterocycles. The first-order chi connectivity index (χ1) is 8.22.